The fourth-order valence-corrected chi connectivity index (χ4v) is 3.52. The molecule has 0 aromatic carbocycles. The third kappa shape index (κ3) is 2.39. The predicted molar refractivity (Wildman–Crippen MR) is 78.9 cm³/mol. The number of primary amides is 1. The monoisotopic (exact) mass is 312 g/mol. The SMILES string of the molecule is NC(=O)c1sc2cncc(N3CCC(F)(F)CC3)c2c1N. The second kappa shape index (κ2) is 4.80. The maximum Gasteiger partial charge on any atom is 0.260 e. The number of piperidine rings is 1. The van der Waals surface area contributed by atoms with Gasteiger partial charge in [-0.15, -0.1) is 11.3 Å². The van der Waals surface area contributed by atoms with Crippen LogP contribution in [0.3, 0.4) is 0 Å². The van der Waals surface area contributed by atoms with E-state index in [1.807, 2.05) is 4.90 Å². The predicted octanol–water partition coefficient (Wildman–Crippen LogP) is 2.21. The Labute approximate surface area is 123 Å². The van der Waals surface area contributed by atoms with Gasteiger partial charge in [-0.05, 0) is 0 Å². The molecule has 112 valence electrons. The number of carbonyl (C=O) groups is 1. The third-order valence-corrected chi connectivity index (χ3v) is 4.83. The van der Waals surface area contributed by atoms with Gasteiger partial charge >= 0.3 is 0 Å². The average Bonchev–Trinajstić information content (AvgIpc) is 2.77. The van der Waals surface area contributed by atoms with Gasteiger partial charge in [0.15, 0.2) is 0 Å². The molecule has 1 aliphatic heterocycles. The number of halogens is 2. The number of thiophene rings is 1. The van der Waals surface area contributed by atoms with Crippen LogP contribution in [0.4, 0.5) is 20.2 Å². The Kier molecular flexibility index (Phi) is 3.20. The van der Waals surface area contributed by atoms with Crippen molar-refractivity contribution in [3.05, 3.63) is 17.3 Å². The third-order valence-electron chi connectivity index (χ3n) is 3.68. The van der Waals surface area contributed by atoms with E-state index >= 15 is 0 Å². The summed E-state index contributed by atoms with van der Waals surface area (Å²) in [5, 5.41) is 0.675. The Morgan fingerprint density at radius 1 is 1.33 bits per heavy atom. The molecule has 2 aromatic rings. The number of pyridine rings is 1. The highest BCUT2D eigenvalue weighted by molar-refractivity contribution is 7.21. The van der Waals surface area contributed by atoms with Crippen LogP contribution >= 0.6 is 11.3 Å². The lowest BCUT2D eigenvalue weighted by atomic mass is 10.1. The number of amides is 1. The van der Waals surface area contributed by atoms with Crippen molar-refractivity contribution in [3.8, 4) is 0 Å². The summed E-state index contributed by atoms with van der Waals surface area (Å²) in [6, 6.07) is 0. The molecule has 0 atom stereocenters. The molecular formula is C13H14F2N4OS. The highest BCUT2D eigenvalue weighted by Gasteiger charge is 2.35. The molecule has 1 aliphatic rings. The number of aromatic nitrogens is 1. The number of nitrogens with zero attached hydrogens (tertiary/aromatic N) is 2. The van der Waals surface area contributed by atoms with Crippen LogP contribution in [0, 0.1) is 0 Å². The van der Waals surface area contributed by atoms with Crippen LogP contribution in [0.1, 0.15) is 22.5 Å². The molecule has 1 amide bonds. The van der Waals surface area contributed by atoms with Crippen LogP contribution in [0.15, 0.2) is 12.4 Å². The number of nitrogens with two attached hydrogens (primary N) is 2. The first-order valence-corrected chi connectivity index (χ1v) is 7.29. The van der Waals surface area contributed by atoms with E-state index in [2.05, 4.69) is 4.98 Å². The first-order valence-electron chi connectivity index (χ1n) is 6.47. The van der Waals surface area contributed by atoms with Gasteiger partial charge in [0.25, 0.3) is 11.8 Å². The zero-order valence-corrected chi connectivity index (χ0v) is 11.9. The second-order valence-corrected chi connectivity index (χ2v) is 6.14. The molecule has 0 saturated carbocycles. The molecule has 0 radical (unpaired) electrons. The summed E-state index contributed by atoms with van der Waals surface area (Å²) in [6.45, 7) is 0.462. The summed E-state index contributed by atoms with van der Waals surface area (Å²) < 4.78 is 27.3. The van der Waals surface area contributed by atoms with E-state index in [1.165, 1.54) is 11.3 Å². The van der Waals surface area contributed by atoms with Crippen molar-refractivity contribution in [2.45, 2.75) is 18.8 Å². The van der Waals surface area contributed by atoms with Crippen molar-refractivity contribution in [2.75, 3.05) is 23.7 Å². The molecule has 5 nitrogen and oxygen atoms in total. The fraction of sp³-hybridized carbons (Fsp3) is 0.385. The van der Waals surface area contributed by atoms with Gasteiger partial charge in [0.2, 0.25) is 0 Å². The first-order chi connectivity index (χ1) is 9.89. The molecule has 3 rings (SSSR count). The number of rotatable bonds is 2. The Bertz CT molecular complexity index is 706. The lowest BCUT2D eigenvalue weighted by Crippen LogP contribution is -2.39. The Morgan fingerprint density at radius 3 is 2.62 bits per heavy atom. The van der Waals surface area contributed by atoms with E-state index < -0.39 is 11.8 Å². The molecule has 0 aliphatic carbocycles. The average molecular weight is 312 g/mol. The maximum absolute atomic E-state index is 13.3. The van der Waals surface area contributed by atoms with Crippen LogP contribution in [-0.2, 0) is 0 Å². The molecule has 1 fully saturated rings. The van der Waals surface area contributed by atoms with E-state index in [0.29, 0.717) is 16.8 Å². The van der Waals surface area contributed by atoms with Crippen molar-refractivity contribution in [3.63, 3.8) is 0 Å². The Hall–Kier alpha value is -1.96. The first kappa shape index (κ1) is 14.0. The summed E-state index contributed by atoms with van der Waals surface area (Å²) in [5.74, 6) is -3.21. The van der Waals surface area contributed by atoms with E-state index in [9.17, 15) is 13.6 Å². The van der Waals surface area contributed by atoms with E-state index in [-0.39, 0.29) is 30.8 Å². The van der Waals surface area contributed by atoms with Crippen LogP contribution in [0.5, 0.6) is 0 Å². The largest absolute Gasteiger partial charge is 0.397 e. The minimum atomic E-state index is -2.61. The van der Waals surface area contributed by atoms with E-state index in [1.54, 1.807) is 12.4 Å². The Balaban J connectivity index is 2.05. The van der Waals surface area contributed by atoms with Gasteiger partial charge in [0.05, 0.1) is 22.3 Å². The van der Waals surface area contributed by atoms with Crippen molar-refractivity contribution in [1.82, 2.24) is 4.98 Å². The fourth-order valence-electron chi connectivity index (χ4n) is 2.56. The molecule has 2 aromatic heterocycles. The van der Waals surface area contributed by atoms with Gasteiger partial charge in [-0.3, -0.25) is 9.78 Å². The molecule has 21 heavy (non-hydrogen) atoms. The van der Waals surface area contributed by atoms with Crippen LogP contribution in [0.2, 0.25) is 0 Å². The second-order valence-electron chi connectivity index (χ2n) is 5.08. The topological polar surface area (TPSA) is 85.2 Å². The summed E-state index contributed by atoms with van der Waals surface area (Å²) in [5.41, 5.74) is 12.3. The number of alkyl halides is 2. The van der Waals surface area contributed by atoms with Crippen molar-refractivity contribution >= 4 is 38.7 Å². The molecule has 3 heterocycles. The highest BCUT2D eigenvalue weighted by Crippen LogP contribution is 2.40. The number of nitrogen functional groups attached to an aromatic ring is 1. The normalized spacial score (nSPS) is 18.1. The summed E-state index contributed by atoms with van der Waals surface area (Å²) in [6.07, 6.45) is 2.80. The maximum atomic E-state index is 13.3. The van der Waals surface area contributed by atoms with Gasteiger partial charge in [-0.2, -0.15) is 0 Å². The minimum Gasteiger partial charge on any atom is -0.397 e. The lowest BCUT2D eigenvalue weighted by molar-refractivity contribution is -0.0220. The van der Waals surface area contributed by atoms with Gasteiger partial charge in [0, 0.05) is 37.5 Å². The molecule has 1 saturated heterocycles. The molecule has 8 heteroatoms. The molecule has 0 unspecified atom stereocenters. The number of hydrogen-bond donors (Lipinski definition) is 2. The number of fused-ring (bicyclic) bond motifs is 1. The summed E-state index contributed by atoms with van der Waals surface area (Å²) >= 11 is 1.17. The zero-order valence-electron chi connectivity index (χ0n) is 11.1. The van der Waals surface area contributed by atoms with Crippen molar-refractivity contribution in [2.24, 2.45) is 5.73 Å². The van der Waals surface area contributed by atoms with Gasteiger partial charge in [-0.1, -0.05) is 0 Å². The number of carbonyl (C=O) groups excluding carboxylic acids is 1. The van der Waals surface area contributed by atoms with Crippen molar-refractivity contribution < 1.29 is 13.6 Å². The summed E-state index contributed by atoms with van der Waals surface area (Å²) in [7, 11) is 0. The van der Waals surface area contributed by atoms with Crippen molar-refractivity contribution in [1.29, 1.82) is 0 Å². The zero-order chi connectivity index (χ0) is 15.2. The Morgan fingerprint density at radius 2 is 2.00 bits per heavy atom. The lowest BCUT2D eigenvalue weighted by Gasteiger charge is -2.33. The van der Waals surface area contributed by atoms with E-state index in [4.69, 9.17) is 11.5 Å². The van der Waals surface area contributed by atoms with Gasteiger partial charge in [-0.25, -0.2) is 8.78 Å². The quantitative estimate of drug-likeness (QED) is 0.890. The summed E-state index contributed by atoms with van der Waals surface area (Å²) in [4.78, 5) is 17.6. The molecular weight excluding hydrogens is 298 g/mol. The van der Waals surface area contributed by atoms with Crippen LogP contribution < -0.4 is 16.4 Å². The number of anilines is 2. The van der Waals surface area contributed by atoms with Crippen LogP contribution in [-0.4, -0.2) is 29.9 Å². The molecule has 4 N–H and O–H groups in total. The number of hydrogen-bond acceptors (Lipinski definition) is 5. The molecule has 0 spiro atoms. The smallest absolute Gasteiger partial charge is 0.260 e. The highest BCUT2D eigenvalue weighted by atomic mass is 32.1. The molecule has 0 bridgehead atoms. The van der Waals surface area contributed by atoms with Gasteiger partial charge in [0.1, 0.15) is 4.88 Å². The van der Waals surface area contributed by atoms with Gasteiger partial charge < -0.3 is 16.4 Å². The minimum absolute atomic E-state index is 0.198. The van der Waals surface area contributed by atoms with E-state index in [0.717, 1.165) is 4.70 Å². The standard InChI is InChI=1S/C13H14F2N4OS/c14-13(15)1-3-19(4-2-13)7-5-18-6-8-9(7)10(16)11(21-8)12(17)20/h5-6H,1-4,16H2,(H2,17,20). The van der Waals surface area contributed by atoms with Crippen LogP contribution in [0.25, 0.3) is 10.1 Å².